The Hall–Kier alpha value is -1.67. The van der Waals surface area contributed by atoms with Crippen molar-refractivity contribution in [3.8, 4) is 6.07 Å². The summed E-state index contributed by atoms with van der Waals surface area (Å²) < 4.78 is 28.2. The van der Waals surface area contributed by atoms with Crippen molar-refractivity contribution in [1.82, 2.24) is 0 Å². The molecule has 0 heterocycles. The van der Waals surface area contributed by atoms with E-state index in [0.29, 0.717) is 17.8 Å². The molecule has 1 N–H and O–H groups in total. The second kappa shape index (κ2) is 6.81. The fourth-order valence-electron chi connectivity index (χ4n) is 1.34. The van der Waals surface area contributed by atoms with E-state index in [0.717, 1.165) is 5.56 Å². The minimum absolute atomic E-state index is 0.184. The third-order valence-electron chi connectivity index (χ3n) is 2.10. The third-order valence-corrected chi connectivity index (χ3v) is 2.10. The second-order valence-electron chi connectivity index (χ2n) is 3.55. The van der Waals surface area contributed by atoms with E-state index in [1.54, 1.807) is 12.1 Å². The van der Waals surface area contributed by atoms with Gasteiger partial charge in [0.25, 0.3) is 6.43 Å². The summed E-state index contributed by atoms with van der Waals surface area (Å²) in [6, 6.07) is 7.51. The summed E-state index contributed by atoms with van der Waals surface area (Å²) in [4.78, 5) is 0. The lowest BCUT2D eigenvalue weighted by atomic mass is 10.1. The lowest BCUT2D eigenvalue weighted by Crippen LogP contribution is -2.13. The van der Waals surface area contributed by atoms with Crippen molar-refractivity contribution in [3.05, 3.63) is 29.3 Å². The molecule has 0 bridgehead atoms. The number of anilines is 1. The molecule has 0 amide bonds. The molecule has 0 unspecified atom stereocenters. The second-order valence-corrected chi connectivity index (χ2v) is 3.55. The Balaban J connectivity index is 2.39. The Morgan fingerprint density at radius 3 is 2.88 bits per heavy atom. The van der Waals surface area contributed by atoms with Crippen molar-refractivity contribution >= 4 is 5.69 Å². The lowest BCUT2D eigenvalue weighted by molar-refractivity contribution is 0.0215. The summed E-state index contributed by atoms with van der Waals surface area (Å²) in [6.07, 6.45) is -2.44. The first kappa shape index (κ1) is 13.4. The average Bonchev–Trinajstić information content (AvgIpc) is 2.29. The van der Waals surface area contributed by atoms with E-state index in [1.165, 1.54) is 0 Å². The first-order valence-corrected chi connectivity index (χ1v) is 5.24. The predicted octanol–water partition coefficient (Wildman–Crippen LogP) is 2.56. The van der Waals surface area contributed by atoms with E-state index in [9.17, 15) is 8.78 Å². The minimum atomic E-state index is -2.44. The van der Waals surface area contributed by atoms with Gasteiger partial charge in [-0.05, 0) is 24.6 Å². The molecule has 1 aromatic carbocycles. The van der Waals surface area contributed by atoms with Crippen LogP contribution in [-0.2, 0) is 4.74 Å². The highest BCUT2D eigenvalue weighted by Crippen LogP contribution is 2.15. The Labute approximate surface area is 99.0 Å². The molecular formula is C12H14F2N2O. The number of alkyl halides is 2. The predicted molar refractivity (Wildman–Crippen MR) is 61.2 cm³/mol. The highest BCUT2D eigenvalue weighted by molar-refractivity contribution is 5.58. The van der Waals surface area contributed by atoms with E-state index in [-0.39, 0.29) is 6.61 Å². The number of hydrogen-bond acceptors (Lipinski definition) is 3. The maximum absolute atomic E-state index is 11.8. The molecule has 0 saturated heterocycles. The number of nitrogens with zero attached hydrogens (tertiary/aromatic N) is 1. The smallest absolute Gasteiger partial charge is 0.261 e. The van der Waals surface area contributed by atoms with Crippen molar-refractivity contribution in [2.45, 2.75) is 13.3 Å². The van der Waals surface area contributed by atoms with Gasteiger partial charge in [0.2, 0.25) is 0 Å². The minimum Gasteiger partial charge on any atom is -0.382 e. The Kier molecular flexibility index (Phi) is 5.37. The molecule has 0 aliphatic heterocycles. The summed E-state index contributed by atoms with van der Waals surface area (Å²) >= 11 is 0. The van der Waals surface area contributed by atoms with E-state index < -0.39 is 13.0 Å². The third kappa shape index (κ3) is 4.79. The van der Waals surface area contributed by atoms with Crippen LogP contribution in [0.25, 0.3) is 0 Å². The number of nitriles is 1. The van der Waals surface area contributed by atoms with Gasteiger partial charge in [0.15, 0.2) is 0 Å². The highest BCUT2D eigenvalue weighted by atomic mass is 19.3. The SMILES string of the molecule is Cc1ccc(NCCOCC(F)F)c(C#N)c1. The van der Waals surface area contributed by atoms with Crippen LogP contribution in [0.15, 0.2) is 18.2 Å². The monoisotopic (exact) mass is 240 g/mol. The van der Waals surface area contributed by atoms with Gasteiger partial charge in [-0.3, -0.25) is 0 Å². The Morgan fingerprint density at radius 2 is 2.24 bits per heavy atom. The normalized spacial score (nSPS) is 10.3. The van der Waals surface area contributed by atoms with Crippen molar-refractivity contribution in [1.29, 1.82) is 5.26 Å². The van der Waals surface area contributed by atoms with Crippen molar-refractivity contribution in [2.75, 3.05) is 25.1 Å². The van der Waals surface area contributed by atoms with Crippen LogP contribution in [0.1, 0.15) is 11.1 Å². The van der Waals surface area contributed by atoms with Crippen LogP contribution in [0.2, 0.25) is 0 Å². The van der Waals surface area contributed by atoms with Crippen LogP contribution in [0.4, 0.5) is 14.5 Å². The van der Waals surface area contributed by atoms with Crippen LogP contribution in [0, 0.1) is 18.3 Å². The molecule has 0 fully saturated rings. The molecule has 0 saturated carbocycles. The number of ether oxygens (including phenoxy) is 1. The van der Waals surface area contributed by atoms with Crippen molar-refractivity contribution in [3.63, 3.8) is 0 Å². The van der Waals surface area contributed by atoms with Crippen LogP contribution < -0.4 is 5.32 Å². The van der Waals surface area contributed by atoms with Crippen LogP contribution in [-0.4, -0.2) is 26.2 Å². The molecule has 92 valence electrons. The molecule has 3 nitrogen and oxygen atoms in total. The highest BCUT2D eigenvalue weighted by Gasteiger charge is 2.03. The molecule has 1 rings (SSSR count). The Bertz CT molecular complexity index is 402. The molecule has 0 aromatic heterocycles. The van der Waals surface area contributed by atoms with E-state index in [1.807, 2.05) is 13.0 Å². The molecule has 17 heavy (non-hydrogen) atoms. The Morgan fingerprint density at radius 1 is 1.47 bits per heavy atom. The van der Waals surface area contributed by atoms with Gasteiger partial charge in [-0.25, -0.2) is 8.78 Å². The van der Waals surface area contributed by atoms with Crippen LogP contribution in [0.3, 0.4) is 0 Å². The van der Waals surface area contributed by atoms with E-state index >= 15 is 0 Å². The molecule has 5 heteroatoms. The molecule has 1 aromatic rings. The van der Waals surface area contributed by atoms with Gasteiger partial charge in [-0.15, -0.1) is 0 Å². The number of rotatable bonds is 6. The zero-order valence-corrected chi connectivity index (χ0v) is 9.54. The van der Waals surface area contributed by atoms with Gasteiger partial charge in [0.05, 0.1) is 17.9 Å². The summed E-state index contributed by atoms with van der Waals surface area (Å²) in [5.74, 6) is 0. The topological polar surface area (TPSA) is 45.0 Å². The molecule has 0 spiro atoms. The number of benzene rings is 1. The van der Waals surface area contributed by atoms with Crippen molar-refractivity contribution in [2.24, 2.45) is 0 Å². The lowest BCUT2D eigenvalue weighted by Gasteiger charge is -2.09. The fraction of sp³-hybridized carbons (Fsp3) is 0.417. The van der Waals surface area contributed by atoms with Gasteiger partial charge >= 0.3 is 0 Å². The molecule has 0 radical (unpaired) electrons. The number of halogens is 2. The van der Waals surface area contributed by atoms with Gasteiger partial charge in [-0.1, -0.05) is 6.07 Å². The average molecular weight is 240 g/mol. The number of aryl methyl sites for hydroxylation is 1. The van der Waals surface area contributed by atoms with Crippen LogP contribution in [0.5, 0.6) is 0 Å². The first-order chi connectivity index (χ1) is 8.13. The van der Waals surface area contributed by atoms with Gasteiger partial charge in [0.1, 0.15) is 12.7 Å². The first-order valence-electron chi connectivity index (χ1n) is 5.24. The summed E-state index contributed by atoms with van der Waals surface area (Å²) in [7, 11) is 0. The zero-order chi connectivity index (χ0) is 12.7. The van der Waals surface area contributed by atoms with E-state index in [2.05, 4.69) is 11.4 Å². The maximum Gasteiger partial charge on any atom is 0.261 e. The number of nitrogens with one attached hydrogen (secondary N) is 1. The molecular weight excluding hydrogens is 226 g/mol. The van der Waals surface area contributed by atoms with Crippen LogP contribution >= 0.6 is 0 Å². The molecule has 0 aliphatic carbocycles. The summed E-state index contributed by atoms with van der Waals surface area (Å²) in [6.45, 7) is 1.92. The number of hydrogen-bond donors (Lipinski definition) is 1. The molecule has 0 atom stereocenters. The largest absolute Gasteiger partial charge is 0.382 e. The van der Waals surface area contributed by atoms with Gasteiger partial charge in [0, 0.05) is 6.54 Å². The molecule has 0 aliphatic rings. The maximum atomic E-state index is 11.8. The van der Waals surface area contributed by atoms with E-state index in [4.69, 9.17) is 10.00 Å². The summed E-state index contributed by atoms with van der Waals surface area (Å²) in [5, 5.41) is 11.9. The summed E-state index contributed by atoms with van der Waals surface area (Å²) in [5.41, 5.74) is 2.23. The standard InChI is InChI=1S/C12H14F2N2O/c1-9-2-3-11(10(6-9)7-15)16-4-5-17-8-12(13)14/h2-3,6,12,16H,4-5,8H2,1H3. The van der Waals surface area contributed by atoms with Gasteiger partial charge < -0.3 is 10.1 Å². The quantitative estimate of drug-likeness (QED) is 0.777. The van der Waals surface area contributed by atoms with Gasteiger partial charge in [-0.2, -0.15) is 5.26 Å². The fourth-order valence-corrected chi connectivity index (χ4v) is 1.34. The van der Waals surface area contributed by atoms with Crippen molar-refractivity contribution < 1.29 is 13.5 Å². The zero-order valence-electron chi connectivity index (χ0n) is 9.54.